The molecular formula is C21H17N5O5S. The second-order valence-corrected chi connectivity index (χ2v) is 8.56. The Morgan fingerprint density at radius 3 is 2.34 bits per heavy atom. The number of fused-ring (bicyclic) bond motifs is 3. The van der Waals surface area contributed by atoms with E-state index in [0.29, 0.717) is 26.5 Å². The molecule has 10 nitrogen and oxygen atoms in total. The fourth-order valence-corrected chi connectivity index (χ4v) is 4.27. The van der Waals surface area contributed by atoms with Gasteiger partial charge in [-0.2, -0.15) is 8.42 Å². The Hall–Kier alpha value is -4.06. The van der Waals surface area contributed by atoms with Gasteiger partial charge in [0, 0.05) is 16.8 Å². The minimum atomic E-state index is -4.06. The summed E-state index contributed by atoms with van der Waals surface area (Å²) in [5, 5.41) is 3.91. The monoisotopic (exact) mass is 451 g/mol. The summed E-state index contributed by atoms with van der Waals surface area (Å²) in [6.45, 7) is 0. The van der Waals surface area contributed by atoms with E-state index in [1.165, 1.54) is 30.3 Å². The average Bonchev–Trinajstić information content (AvgIpc) is 3.19. The molecule has 0 aliphatic heterocycles. The number of nitrogens with two attached hydrogens (primary N) is 2. The Balaban J connectivity index is 1.61. The van der Waals surface area contributed by atoms with Gasteiger partial charge in [0.2, 0.25) is 0 Å². The molecule has 11 heteroatoms. The summed E-state index contributed by atoms with van der Waals surface area (Å²) < 4.78 is 32.6. The van der Waals surface area contributed by atoms with E-state index in [1.807, 2.05) is 24.3 Å². The van der Waals surface area contributed by atoms with Crippen LogP contribution in [0.4, 0.5) is 5.69 Å². The average molecular weight is 451 g/mol. The number of furan rings is 1. The maximum absolute atomic E-state index is 13.1. The van der Waals surface area contributed by atoms with E-state index < -0.39 is 15.9 Å². The molecule has 1 aromatic heterocycles. The molecule has 1 amide bonds. The zero-order valence-electron chi connectivity index (χ0n) is 16.5. The van der Waals surface area contributed by atoms with E-state index in [4.69, 9.17) is 16.1 Å². The first kappa shape index (κ1) is 21.2. The van der Waals surface area contributed by atoms with Gasteiger partial charge in [-0.05, 0) is 48.0 Å². The van der Waals surface area contributed by atoms with Crippen LogP contribution in [0.5, 0.6) is 0 Å². The fraction of sp³-hybridized carbons (Fsp3) is 0. The van der Waals surface area contributed by atoms with Crippen molar-refractivity contribution >= 4 is 49.6 Å². The van der Waals surface area contributed by atoms with E-state index in [1.54, 1.807) is 18.2 Å². The van der Waals surface area contributed by atoms with E-state index in [2.05, 4.69) is 5.29 Å². The molecule has 0 bridgehead atoms. The van der Waals surface area contributed by atoms with Crippen LogP contribution in [0, 0.1) is 4.91 Å². The van der Waals surface area contributed by atoms with Gasteiger partial charge >= 0.3 is 0 Å². The standard InChI is InChI=1S/C21H17N5O5S/c22-25(24-28)21(27)12-7-14-5-8-15(9-6-14)26(23)32(29,30)16-10-11-20-18(13-16)17-3-1-2-4-19(17)31-20/h1-13H,22-23H2/b12-7+. The summed E-state index contributed by atoms with van der Waals surface area (Å²) >= 11 is 0. The van der Waals surface area contributed by atoms with Gasteiger partial charge < -0.3 is 4.42 Å². The highest BCUT2D eigenvalue weighted by Crippen LogP contribution is 2.31. The molecular weight excluding hydrogens is 434 g/mol. The number of carbonyl (C=O) groups excluding carboxylic acids is 1. The van der Waals surface area contributed by atoms with Crippen LogP contribution in [0.2, 0.25) is 0 Å². The van der Waals surface area contributed by atoms with Crippen LogP contribution >= 0.6 is 0 Å². The van der Waals surface area contributed by atoms with Crippen LogP contribution in [-0.2, 0) is 14.8 Å². The second-order valence-electron chi connectivity index (χ2n) is 6.75. The molecule has 0 radical (unpaired) electrons. The Morgan fingerprint density at radius 2 is 1.62 bits per heavy atom. The van der Waals surface area contributed by atoms with Crippen LogP contribution in [0.3, 0.4) is 0 Å². The lowest BCUT2D eigenvalue weighted by molar-refractivity contribution is -0.126. The lowest BCUT2D eigenvalue weighted by Crippen LogP contribution is -2.37. The number of benzene rings is 3. The SMILES string of the molecule is NN(N=O)C(=O)/C=C/c1ccc(N(N)S(=O)(=O)c2ccc3oc4ccccc4c3c2)cc1. The maximum atomic E-state index is 13.1. The van der Waals surface area contributed by atoms with E-state index >= 15 is 0 Å². The number of sulfonamides is 1. The number of hydrazine groups is 2. The summed E-state index contributed by atoms with van der Waals surface area (Å²) in [5.41, 5.74) is 1.99. The minimum absolute atomic E-state index is 0.0121. The third kappa shape index (κ3) is 3.83. The molecule has 0 unspecified atom stereocenters. The second kappa shape index (κ2) is 8.23. The highest BCUT2D eigenvalue weighted by Gasteiger charge is 2.23. The van der Waals surface area contributed by atoms with Gasteiger partial charge in [-0.1, -0.05) is 30.3 Å². The Labute approximate surface area is 182 Å². The summed E-state index contributed by atoms with van der Waals surface area (Å²) in [6, 6.07) is 18.0. The number of rotatable bonds is 6. The predicted octanol–water partition coefficient (Wildman–Crippen LogP) is 3.05. The largest absolute Gasteiger partial charge is 0.456 e. The quantitative estimate of drug-likeness (QED) is 0.150. The molecule has 0 saturated heterocycles. The molecule has 0 atom stereocenters. The molecule has 4 N–H and O–H groups in total. The third-order valence-corrected chi connectivity index (χ3v) is 6.36. The van der Waals surface area contributed by atoms with E-state index in [-0.39, 0.29) is 15.7 Å². The first-order chi connectivity index (χ1) is 15.3. The first-order valence-corrected chi connectivity index (χ1v) is 10.7. The summed E-state index contributed by atoms with van der Waals surface area (Å²) in [7, 11) is -4.06. The molecule has 3 aromatic carbocycles. The highest BCUT2D eigenvalue weighted by molar-refractivity contribution is 7.92. The molecule has 162 valence electrons. The normalized spacial score (nSPS) is 11.8. The molecule has 4 rings (SSSR count). The van der Waals surface area contributed by atoms with Crippen LogP contribution < -0.4 is 16.1 Å². The Morgan fingerprint density at radius 1 is 0.938 bits per heavy atom. The highest BCUT2D eigenvalue weighted by atomic mass is 32.2. The van der Waals surface area contributed by atoms with Gasteiger partial charge in [-0.3, -0.25) is 4.79 Å². The predicted molar refractivity (Wildman–Crippen MR) is 120 cm³/mol. The number of carbonyl (C=O) groups is 1. The van der Waals surface area contributed by atoms with Crippen molar-refractivity contribution in [1.82, 2.24) is 5.12 Å². The zero-order chi connectivity index (χ0) is 22.9. The topological polar surface area (TPSA) is 152 Å². The number of nitrogens with zero attached hydrogens (tertiary/aromatic N) is 3. The Bertz CT molecular complexity index is 1460. The fourth-order valence-electron chi connectivity index (χ4n) is 3.13. The molecule has 0 aliphatic carbocycles. The van der Waals surface area contributed by atoms with Crippen molar-refractivity contribution in [3.05, 3.63) is 83.3 Å². The van der Waals surface area contributed by atoms with E-state index in [0.717, 1.165) is 11.5 Å². The molecule has 0 saturated carbocycles. The van der Waals surface area contributed by atoms with Crippen LogP contribution in [0.25, 0.3) is 28.0 Å². The summed E-state index contributed by atoms with van der Waals surface area (Å²) in [6.07, 6.45) is 2.45. The zero-order valence-corrected chi connectivity index (χ0v) is 17.3. The third-order valence-electron chi connectivity index (χ3n) is 4.78. The van der Waals surface area contributed by atoms with Crippen molar-refractivity contribution in [2.45, 2.75) is 4.90 Å². The number of hydrogen-bond donors (Lipinski definition) is 2. The van der Waals surface area contributed by atoms with Gasteiger partial charge in [0.15, 0.2) is 0 Å². The number of hydrogen-bond acceptors (Lipinski definition) is 8. The molecule has 1 heterocycles. The van der Waals surface area contributed by atoms with Crippen molar-refractivity contribution in [2.24, 2.45) is 17.0 Å². The smallest absolute Gasteiger partial charge is 0.284 e. The van der Waals surface area contributed by atoms with Crippen molar-refractivity contribution in [1.29, 1.82) is 0 Å². The molecule has 0 aliphatic rings. The van der Waals surface area contributed by atoms with Crippen molar-refractivity contribution in [2.75, 3.05) is 4.41 Å². The van der Waals surface area contributed by atoms with Gasteiger partial charge in [0.25, 0.3) is 15.9 Å². The lowest BCUT2D eigenvalue weighted by Gasteiger charge is -2.19. The summed E-state index contributed by atoms with van der Waals surface area (Å²) in [4.78, 5) is 21.7. The van der Waals surface area contributed by atoms with Crippen LogP contribution in [-0.4, -0.2) is 19.4 Å². The van der Waals surface area contributed by atoms with Gasteiger partial charge in [-0.25, -0.2) is 16.1 Å². The molecule has 0 spiro atoms. The van der Waals surface area contributed by atoms with Gasteiger partial charge in [0.1, 0.15) is 11.2 Å². The molecule has 32 heavy (non-hydrogen) atoms. The lowest BCUT2D eigenvalue weighted by atomic mass is 10.1. The van der Waals surface area contributed by atoms with E-state index in [9.17, 15) is 18.1 Å². The Kier molecular flexibility index (Phi) is 5.45. The van der Waals surface area contributed by atoms with Crippen molar-refractivity contribution in [3.8, 4) is 0 Å². The number of nitroso groups, excluding NO2 is 1. The summed E-state index contributed by atoms with van der Waals surface area (Å²) in [5.74, 6) is 10.2. The molecule has 4 aromatic rings. The molecule has 0 fully saturated rings. The van der Waals surface area contributed by atoms with Gasteiger partial charge in [-0.15, -0.1) is 10.0 Å². The maximum Gasteiger partial charge on any atom is 0.284 e. The number of anilines is 1. The van der Waals surface area contributed by atoms with Crippen molar-refractivity contribution in [3.63, 3.8) is 0 Å². The number of para-hydroxylation sites is 1. The first-order valence-electron chi connectivity index (χ1n) is 9.23. The van der Waals surface area contributed by atoms with Gasteiger partial charge in [0.05, 0.1) is 15.9 Å². The van der Waals surface area contributed by atoms with Crippen LogP contribution in [0.15, 0.2) is 87.4 Å². The minimum Gasteiger partial charge on any atom is -0.456 e. The van der Waals surface area contributed by atoms with Crippen molar-refractivity contribution < 1.29 is 17.6 Å². The number of amides is 1. The van der Waals surface area contributed by atoms with Crippen LogP contribution in [0.1, 0.15) is 5.56 Å².